The minimum absolute atomic E-state index is 0.108. The maximum Gasteiger partial charge on any atom is 0.338 e. The van der Waals surface area contributed by atoms with Crippen molar-refractivity contribution >= 4 is 11.8 Å². The van der Waals surface area contributed by atoms with Gasteiger partial charge in [0.15, 0.2) is 5.78 Å². The zero-order chi connectivity index (χ0) is 24.8. The monoisotopic (exact) mass is 471 g/mol. The second-order valence-electron chi connectivity index (χ2n) is 10.1. The number of carbonyl (C=O) groups excluding carboxylic acids is 2. The van der Waals surface area contributed by atoms with Gasteiger partial charge in [-0.3, -0.25) is 4.79 Å². The average Bonchev–Trinajstić information content (AvgIpc) is 2.84. The molecule has 1 aromatic heterocycles. The molecule has 0 amide bonds. The Morgan fingerprint density at radius 2 is 1.60 bits per heavy atom. The zero-order valence-electron chi connectivity index (χ0n) is 20.8. The number of Topliss-reactive ketones (excluding diaryl/α,β-unsaturated/α-hetero) is 1. The Labute approximate surface area is 207 Å². The predicted octanol–water partition coefficient (Wildman–Crippen LogP) is 6.84. The van der Waals surface area contributed by atoms with Gasteiger partial charge in [-0.1, -0.05) is 48.9 Å². The second kappa shape index (κ2) is 10.9. The first kappa shape index (κ1) is 24.6. The van der Waals surface area contributed by atoms with E-state index in [2.05, 4.69) is 4.98 Å². The van der Waals surface area contributed by atoms with Gasteiger partial charge >= 0.3 is 5.97 Å². The lowest BCUT2D eigenvalue weighted by Gasteiger charge is -2.24. The van der Waals surface area contributed by atoms with Crippen LogP contribution < -0.4 is 4.74 Å². The third kappa shape index (κ3) is 6.78. The fourth-order valence-electron chi connectivity index (χ4n) is 4.26. The molecule has 4 rings (SSSR count). The molecule has 3 aromatic rings. The summed E-state index contributed by atoms with van der Waals surface area (Å²) in [6.45, 7) is 5.50. The van der Waals surface area contributed by atoms with Crippen molar-refractivity contribution in [3.63, 3.8) is 0 Å². The quantitative estimate of drug-likeness (QED) is 0.279. The Hall–Kier alpha value is -3.47. The van der Waals surface area contributed by atoms with Gasteiger partial charge in [-0.2, -0.15) is 0 Å². The molecule has 0 atom stereocenters. The molecule has 0 bridgehead atoms. The first-order chi connectivity index (χ1) is 16.8. The number of esters is 1. The first-order valence-electron chi connectivity index (χ1n) is 12.4. The van der Waals surface area contributed by atoms with E-state index in [1.165, 1.54) is 6.42 Å². The van der Waals surface area contributed by atoms with Gasteiger partial charge in [-0.15, -0.1) is 0 Å². The Bertz CT molecular complexity index is 1160. The Kier molecular flexibility index (Phi) is 7.64. The molecule has 182 valence electrons. The van der Waals surface area contributed by atoms with E-state index in [0.717, 1.165) is 42.4 Å². The number of pyridine rings is 1. The Morgan fingerprint density at radius 1 is 0.914 bits per heavy atom. The van der Waals surface area contributed by atoms with E-state index in [4.69, 9.17) is 9.47 Å². The van der Waals surface area contributed by atoms with Crippen molar-refractivity contribution in [1.82, 2.24) is 4.98 Å². The summed E-state index contributed by atoms with van der Waals surface area (Å²) in [7, 11) is 0. The lowest BCUT2D eigenvalue weighted by atomic mass is 9.97. The van der Waals surface area contributed by atoms with E-state index < -0.39 is 5.60 Å². The van der Waals surface area contributed by atoms with Crippen molar-refractivity contribution in [3.05, 3.63) is 83.7 Å². The minimum atomic E-state index is -0.558. The summed E-state index contributed by atoms with van der Waals surface area (Å²) in [6, 6.07) is 18.9. The molecule has 1 heterocycles. The number of hydrogen-bond acceptors (Lipinski definition) is 5. The van der Waals surface area contributed by atoms with Crippen LogP contribution in [0.2, 0.25) is 0 Å². The number of aromatic nitrogens is 1. The molecule has 1 fully saturated rings. The fraction of sp³-hybridized carbons (Fsp3) is 0.367. The molecule has 1 aliphatic rings. The van der Waals surface area contributed by atoms with Gasteiger partial charge in [0.25, 0.3) is 0 Å². The van der Waals surface area contributed by atoms with Gasteiger partial charge in [-0.25, -0.2) is 9.78 Å². The van der Waals surface area contributed by atoms with Crippen LogP contribution in [0, 0.1) is 0 Å². The summed E-state index contributed by atoms with van der Waals surface area (Å²) in [5, 5.41) is 0. The van der Waals surface area contributed by atoms with E-state index >= 15 is 0 Å². The van der Waals surface area contributed by atoms with E-state index in [1.807, 2.05) is 57.2 Å². The molecule has 0 aliphatic heterocycles. The van der Waals surface area contributed by atoms with Crippen molar-refractivity contribution in [1.29, 1.82) is 0 Å². The van der Waals surface area contributed by atoms with Crippen LogP contribution in [-0.2, 0) is 11.2 Å². The highest BCUT2D eigenvalue weighted by Gasteiger charge is 2.22. The predicted molar refractivity (Wildman–Crippen MR) is 137 cm³/mol. The lowest BCUT2D eigenvalue weighted by Crippen LogP contribution is -2.23. The first-order valence-corrected chi connectivity index (χ1v) is 12.4. The zero-order valence-corrected chi connectivity index (χ0v) is 20.8. The number of hydrogen-bond donors (Lipinski definition) is 0. The summed E-state index contributed by atoms with van der Waals surface area (Å²) in [6.07, 6.45) is 7.52. The molecule has 1 aliphatic carbocycles. The summed E-state index contributed by atoms with van der Waals surface area (Å²) < 4.78 is 11.8. The second-order valence-corrected chi connectivity index (χ2v) is 10.1. The van der Waals surface area contributed by atoms with Gasteiger partial charge in [-0.05, 0) is 75.8 Å². The normalized spacial score (nSPS) is 14.4. The summed E-state index contributed by atoms with van der Waals surface area (Å²) in [5.74, 6) is 0.0609. The van der Waals surface area contributed by atoms with Crippen LogP contribution in [0.3, 0.4) is 0 Å². The number of carbonyl (C=O) groups is 2. The summed E-state index contributed by atoms with van der Waals surface area (Å²) in [5.41, 5.74) is 3.02. The van der Waals surface area contributed by atoms with E-state index in [1.54, 1.807) is 30.5 Å². The van der Waals surface area contributed by atoms with Crippen molar-refractivity contribution in [2.45, 2.75) is 71.0 Å². The van der Waals surface area contributed by atoms with Gasteiger partial charge in [0, 0.05) is 18.2 Å². The van der Waals surface area contributed by atoms with Crippen LogP contribution in [0.5, 0.6) is 5.75 Å². The molecule has 1 saturated carbocycles. The average molecular weight is 472 g/mol. The minimum Gasteiger partial charge on any atom is -0.488 e. The van der Waals surface area contributed by atoms with E-state index in [0.29, 0.717) is 17.0 Å². The van der Waals surface area contributed by atoms with Crippen LogP contribution in [0.15, 0.2) is 66.9 Å². The van der Waals surface area contributed by atoms with E-state index in [9.17, 15) is 9.59 Å². The highest BCUT2D eigenvalue weighted by Crippen LogP contribution is 2.30. The molecule has 35 heavy (non-hydrogen) atoms. The highest BCUT2D eigenvalue weighted by atomic mass is 16.6. The molecule has 5 heteroatoms. The molecular weight excluding hydrogens is 438 g/mol. The van der Waals surface area contributed by atoms with Crippen molar-refractivity contribution < 1.29 is 19.1 Å². The third-order valence-electron chi connectivity index (χ3n) is 6.02. The van der Waals surface area contributed by atoms with Crippen molar-refractivity contribution in [2.75, 3.05) is 0 Å². The topological polar surface area (TPSA) is 65.5 Å². The molecule has 2 aromatic carbocycles. The molecule has 0 radical (unpaired) electrons. The highest BCUT2D eigenvalue weighted by molar-refractivity contribution is 5.98. The third-order valence-corrected chi connectivity index (χ3v) is 6.02. The Balaban J connectivity index is 1.54. The summed E-state index contributed by atoms with van der Waals surface area (Å²) in [4.78, 5) is 30.1. The standard InChI is InChI=1S/C30H33NO4/c1-30(2,3)35-29(33)23-16-14-21(15-17-23)18-26(32)28-27(34-25-12-8-5-9-13-25)19-24(20-31-28)22-10-6-4-7-11-22/h4,6-7,10-11,14-17,19-20,25H,5,8-9,12-13,18H2,1-3H3. The molecule has 0 saturated heterocycles. The molecule has 5 nitrogen and oxygen atoms in total. The van der Waals surface area contributed by atoms with Crippen molar-refractivity contribution in [2.24, 2.45) is 0 Å². The maximum absolute atomic E-state index is 13.3. The van der Waals surface area contributed by atoms with Crippen LogP contribution >= 0.6 is 0 Å². The SMILES string of the molecule is CC(C)(C)OC(=O)c1ccc(CC(=O)c2ncc(-c3ccccc3)cc2OC2CCCCC2)cc1. The van der Waals surface area contributed by atoms with Crippen LogP contribution in [0.4, 0.5) is 0 Å². The van der Waals surface area contributed by atoms with Crippen LogP contribution in [0.1, 0.15) is 79.3 Å². The van der Waals surface area contributed by atoms with Gasteiger partial charge < -0.3 is 9.47 Å². The van der Waals surface area contributed by atoms with E-state index in [-0.39, 0.29) is 24.3 Å². The molecule has 0 N–H and O–H groups in total. The fourth-order valence-corrected chi connectivity index (χ4v) is 4.26. The van der Waals surface area contributed by atoms with Gasteiger partial charge in [0.2, 0.25) is 0 Å². The lowest BCUT2D eigenvalue weighted by molar-refractivity contribution is 0.00694. The van der Waals surface area contributed by atoms with Gasteiger partial charge in [0.05, 0.1) is 11.7 Å². The van der Waals surface area contributed by atoms with Crippen LogP contribution in [0.25, 0.3) is 11.1 Å². The number of benzene rings is 2. The number of rotatable bonds is 7. The molecule has 0 unspecified atom stereocenters. The summed E-state index contributed by atoms with van der Waals surface area (Å²) >= 11 is 0. The van der Waals surface area contributed by atoms with Crippen molar-refractivity contribution in [3.8, 4) is 16.9 Å². The number of ether oxygens (including phenoxy) is 2. The molecular formula is C30H33NO4. The number of ketones is 1. The smallest absolute Gasteiger partial charge is 0.338 e. The maximum atomic E-state index is 13.3. The van der Waals surface area contributed by atoms with Crippen LogP contribution in [-0.4, -0.2) is 28.4 Å². The number of nitrogens with zero attached hydrogens (tertiary/aromatic N) is 1. The van der Waals surface area contributed by atoms with Gasteiger partial charge in [0.1, 0.15) is 17.0 Å². The Morgan fingerprint density at radius 3 is 2.26 bits per heavy atom. The molecule has 0 spiro atoms. The largest absolute Gasteiger partial charge is 0.488 e.